The van der Waals surface area contributed by atoms with Crippen LogP contribution >= 0.6 is 0 Å². The zero-order valence-corrected chi connectivity index (χ0v) is 10.5. The maximum absolute atomic E-state index is 3.67. The van der Waals surface area contributed by atoms with E-state index in [4.69, 9.17) is 0 Å². The van der Waals surface area contributed by atoms with Crippen LogP contribution in [-0.2, 0) is 0 Å². The van der Waals surface area contributed by atoms with E-state index in [1.165, 1.54) is 0 Å². The molecule has 17 heavy (non-hydrogen) atoms. The molecule has 1 aliphatic carbocycles. The Morgan fingerprint density at radius 2 is 1.47 bits per heavy atom. The predicted octanol–water partition coefficient (Wildman–Crippen LogP) is -0.387. The van der Waals surface area contributed by atoms with Crippen molar-refractivity contribution in [1.82, 2.24) is 21.3 Å². The van der Waals surface area contributed by atoms with Crippen LogP contribution in [0, 0.1) is 0 Å². The largest absolute Gasteiger partial charge is 0.314 e. The minimum absolute atomic E-state index is 0.107. The second kappa shape index (κ2) is 6.91. The van der Waals surface area contributed by atoms with Gasteiger partial charge in [0.2, 0.25) is 0 Å². The van der Waals surface area contributed by atoms with Crippen molar-refractivity contribution in [3.8, 4) is 0 Å². The van der Waals surface area contributed by atoms with Crippen molar-refractivity contribution >= 4 is 0 Å². The summed E-state index contributed by atoms with van der Waals surface area (Å²) in [7, 11) is 0. The normalized spacial score (nSPS) is 32.0. The van der Waals surface area contributed by atoms with Crippen LogP contribution in [0.5, 0.6) is 0 Å². The van der Waals surface area contributed by atoms with Gasteiger partial charge in [-0.3, -0.25) is 0 Å². The van der Waals surface area contributed by atoms with Crippen LogP contribution in [0.25, 0.3) is 0 Å². The van der Waals surface area contributed by atoms with Crippen molar-refractivity contribution in [3.63, 3.8) is 0 Å². The fourth-order valence-electron chi connectivity index (χ4n) is 2.30. The van der Waals surface area contributed by atoms with Crippen LogP contribution in [0.15, 0.2) is 24.3 Å². The molecular weight excluding hydrogens is 212 g/mol. The van der Waals surface area contributed by atoms with Gasteiger partial charge < -0.3 is 21.3 Å². The summed E-state index contributed by atoms with van der Waals surface area (Å²) < 4.78 is 0. The SMILES string of the molecule is C1=CCC2(C=C1)CNCCNCCNCCN2. The predicted molar refractivity (Wildman–Crippen MR) is 72.2 cm³/mol. The van der Waals surface area contributed by atoms with Crippen LogP contribution < -0.4 is 21.3 Å². The summed E-state index contributed by atoms with van der Waals surface area (Å²) in [4.78, 5) is 0. The maximum atomic E-state index is 3.67. The fourth-order valence-corrected chi connectivity index (χ4v) is 2.30. The molecule has 0 bridgehead atoms. The van der Waals surface area contributed by atoms with Crippen LogP contribution in [0.3, 0.4) is 0 Å². The van der Waals surface area contributed by atoms with Crippen molar-refractivity contribution in [2.75, 3.05) is 45.8 Å². The van der Waals surface area contributed by atoms with Crippen LogP contribution in [0.2, 0.25) is 0 Å². The third-order valence-corrected chi connectivity index (χ3v) is 3.32. The van der Waals surface area contributed by atoms with Gasteiger partial charge in [0, 0.05) is 45.8 Å². The van der Waals surface area contributed by atoms with Gasteiger partial charge in [-0.25, -0.2) is 0 Å². The van der Waals surface area contributed by atoms with Gasteiger partial charge in [0.1, 0.15) is 0 Å². The molecule has 0 aromatic rings. The van der Waals surface area contributed by atoms with E-state index in [0.717, 1.165) is 52.2 Å². The molecule has 2 aliphatic rings. The summed E-state index contributed by atoms with van der Waals surface area (Å²) in [6.45, 7) is 7.20. The lowest BCUT2D eigenvalue weighted by Gasteiger charge is -2.33. The van der Waals surface area contributed by atoms with Gasteiger partial charge >= 0.3 is 0 Å². The van der Waals surface area contributed by atoms with E-state index in [-0.39, 0.29) is 5.54 Å². The van der Waals surface area contributed by atoms with E-state index < -0.39 is 0 Å². The summed E-state index contributed by atoms with van der Waals surface area (Å²) in [6.07, 6.45) is 9.88. The van der Waals surface area contributed by atoms with E-state index in [1.54, 1.807) is 0 Å². The lowest BCUT2D eigenvalue weighted by Crippen LogP contribution is -2.54. The molecule has 2 rings (SSSR count). The lowest BCUT2D eigenvalue weighted by molar-refractivity contribution is 0.370. The average Bonchev–Trinajstić information content (AvgIpc) is 2.35. The molecule has 0 aromatic carbocycles. The van der Waals surface area contributed by atoms with E-state index in [0.29, 0.717) is 0 Å². The summed E-state index contributed by atoms with van der Waals surface area (Å²) >= 11 is 0. The Morgan fingerprint density at radius 1 is 0.765 bits per heavy atom. The first kappa shape index (κ1) is 12.8. The Balaban J connectivity index is 1.88. The Kier molecular flexibility index (Phi) is 5.19. The molecule has 1 aliphatic heterocycles. The second-order valence-electron chi connectivity index (χ2n) is 4.75. The molecule has 1 atom stereocenters. The van der Waals surface area contributed by atoms with E-state index >= 15 is 0 Å². The zero-order valence-electron chi connectivity index (χ0n) is 10.5. The van der Waals surface area contributed by atoms with Gasteiger partial charge in [-0.15, -0.1) is 0 Å². The first-order valence-electron chi connectivity index (χ1n) is 6.63. The third kappa shape index (κ3) is 4.24. The molecule has 0 aromatic heterocycles. The monoisotopic (exact) mass is 236 g/mol. The minimum Gasteiger partial charge on any atom is -0.314 e. The number of nitrogens with one attached hydrogen (secondary N) is 4. The Labute approximate surface area is 104 Å². The van der Waals surface area contributed by atoms with E-state index in [1.807, 2.05) is 0 Å². The van der Waals surface area contributed by atoms with Gasteiger partial charge in [-0.2, -0.15) is 0 Å². The Morgan fingerprint density at radius 3 is 2.18 bits per heavy atom. The first-order valence-corrected chi connectivity index (χ1v) is 6.63. The van der Waals surface area contributed by atoms with Gasteiger partial charge in [0.05, 0.1) is 5.54 Å². The highest BCUT2D eigenvalue weighted by Gasteiger charge is 2.25. The van der Waals surface area contributed by atoms with Crippen LogP contribution in [-0.4, -0.2) is 51.4 Å². The highest BCUT2D eigenvalue weighted by molar-refractivity contribution is 5.21. The third-order valence-electron chi connectivity index (χ3n) is 3.32. The maximum Gasteiger partial charge on any atom is 0.0529 e. The molecule has 4 N–H and O–H groups in total. The molecule has 0 amide bonds. The Hall–Kier alpha value is -0.680. The summed E-state index contributed by atoms with van der Waals surface area (Å²) in [5.74, 6) is 0. The highest BCUT2D eigenvalue weighted by atomic mass is 15.1. The van der Waals surface area contributed by atoms with Crippen LogP contribution in [0.1, 0.15) is 6.42 Å². The van der Waals surface area contributed by atoms with Crippen molar-refractivity contribution in [1.29, 1.82) is 0 Å². The van der Waals surface area contributed by atoms with Gasteiger partial charge in [-0.05, 0) is 6.42 Å². The smallest absolute Gasteiger partial charge is 0.0529 e. The van der Waals surface area contributed by atoms with E-state index in [2.05, 4.69) is 45.6 Å². The summed E-state index contributed by atoms with van der Waals surface area (Å²) in [5, 5.41) is 14.1. The number of allylic oxidation sites excluding steroid dienone is 2. The molecule has 1 saturated heterocycles. The van der Waals surface area contributed by atoms with E-state index in [9.17, 15) is 0 Å². The first-order chi connectivity index (χ1) is 8.41. The van der Waals surface area contributed by atoms with Gasteiger partial charge in [-0.1, -0.05) is 24.3 Å². The highest BCUT2D eigenvalue weighted by Crippen LogP contribution is 2.16. The summed E-state index contributed by atoms with van der Waals surface area (Å²) in [6, 6.07) is 0. The number of hydrogen-bond donors (Lipinski definition) is 4. The molecule has 96 valence electrons. The van der Waals surface area contributed by atoms with Crippen molar-refractivity contribution in [3.05, 3.63) is 24.3 Å². The average molecular weight is 236 g/mol. The van der Waals surface area contributed by atoms with Gasteiger partial charge in [0.15, 0.2) is 0 Å². The molecule has 1 fully saturated rings. The molecule has 1 heterocycles. The molecule has 4 nitrogen and oxygen atoms in total. The quantitative estimate of drug-likeness (QED) is 0.463. The second-order valence-corrected chi connectivity index (χ2v) is 4.75. The molecular formula is C13H24N4. The molecule has 4 heteroatoms. The standard InChI is InChI=1S/C13H24N4/c1-2-4-13(5-3-1)12-16-9-8-14-6-7-15-10-11-17-13/h1-4,14-17H,5-12H2. The van der Waals surface area contributed by atoms with Crippen molar-refractivity contribution in [2.24, 2.45) is 0 Å². The summed E-state index contributed by atoms with van der Waals surface area (Å²) in [5.41, 5.74) is 0.107. The fraction of sp³-hybridized carbons (Fsp3) is 0.692. The van der Waals surface area contributed by atoms with Crippen molar-refractivity contribution < 1.29 is 0 Å². The molecule has 1 unspecified atom stereocenters. The number of hydrogen-bond acceptors (Lipinski definition) is 4. The van der Waals surface area contributed by atoms with Crippen molar-refractivity contribution in [2.45, 2.75) is 12.0 Å². The van der Waals surface area contributed by atoms with Gasteiger partial charge in [0.25, 0.3) is 0 Å². The lowest BCUT2D eigenvalue weighted by atomic mass is 9.91. The Bertz CT molecular complexity index is 261. The number of rotatable bonds is 0. The minimum atomic E-state index is 0.107. The van der Waals surface area contributed by atoms with Crippen LogP contribution in [0.4, 0.5) is 0 Å². The molecule has 0 saturated carbocycles. The molecule has 0 radical (unpaired) electrons. The topological polar surface area (TPSA) is 48.1 Å². The zero-order chi connectivity index (χ0) is 11.8. The molecule has 1 spiro atoms.